The van der Waals surface area contributed by atoms with Gasteiger partial charge in [0.05, 0.1) is 28.6 Å². The molecule has 5 nitrogen and oxygen atoms in total. The lowest BCUT2D eigenvalue weighted by atomic mass is 10.1. The number of rotatable bonds is 1. The van der Waals surface area contributed by atoms with Crippen LogP contribution in [0.25, 0.3) is 10.9 Å². The summed E-state index contributed by atoms with van der Waals surface area (Å²) in [7, 11) is 0. The van der Waals surface area contributed by atoms with Gasteiger partial charge in [0.15, 0.2) is 0 Å². The Bertz CT molecular complexity index is 679. The maximum atomic E-state index is 11.7. The van der Waals surface area contributed by atoms with E-state index in [0.717, 1.165) is 12.2 Å². The lowest BCUT2D eigenvalue weighted by Gasteiger charge is -2.25. The Balaban J connectivity index is 2.15. The highest BCUT2D eigenvalue weighted by molar-refractivity contribution is 5.88. The average molecular weight is 258 g/mol. The summed E-state index contributed by atoms with van der Waals surface area (Å²) in [6, 6.07) is 4.12. The Hall–Kier alpha value is -2.04. The van der Waals surface area contributed by atoms with Crippen molar-refractivity contribution in [2.45, 2.75) is 26.3 Å². The molecule has 1 aliphatic heterocycles. The highest BCUT2D eigenvalue weighted by Crippen LogP contribution is 2.34. The fourth-order valence-corrected chi connectivity index (χ4v) is 3.01. The van der Waals surface area contributed by atoms with E-state index in [0.29, 0.717) is 28.6 Å². The largest absolute Gasteiger partial charge is 0.397 e. The molecule has 0 bridgehead atoms. The van der Waals surface area contributed by atoms with Crippen molar-refractivity contribution in [1.82, 2.24) is 9.97 Å². The van der Waals surface area contributed by atoms with Crippen molar-refractivity contribution < 1.29 is 0 Å². The van der Waals surface area contributed by atoms with Crippen molar-refractivity contribution >= 4 is 22.3 Å². The molecule has 1 saturated heterocycles. The molecule has 100 valence electrons. The first-order valence-electron chi connectivity index (χ1n) is 6.60. The fraction of sp³-hybridized carbons (Fsp3) is 0.429. The van der Waals surface area contributed by atoms with Crippen LogP contribution >= 0.6 is 0 Å². The topological polar surface area (TPSA) is 75.0 Å². The molecule has 3 rings (SSSR count). The number of nitrogen functional groups attached to an aromatic ring is 1. The Kier molecular flexibility index (Phi) is 2.69. The molecule has 3 N–H and O–H groups in total. The zero-order valence-corrected chi connectivity index (χ0v) is 11.2. The van der Waals surface area contributed by atoms with E-state index >= 15 is 0 Å². The number of aromatic amines is 1. The molecular formula is C14H18N4O. The normalized spacial score (nSPS) is 23.2. The molecular weight excluding hydrogens is 240 g/mol. The number of fused-ring (bicyclic) bond motifs is 1. The van der Waals surface area contributed by atoms with Crippen molar-refractivity contribution in [3.8, 4) is 0 Å². The van der Waals surface area contributed by atoms with Gasteiger partial charge in [-0.15, -0.1) is 0 Å². The monoisotopic (exact) mass is 258 g/mol. The molecule has 2 aromatic rings. The molecule has 19 heavy (non-hydrogen) atoms. The summed E-state index contributed by atoms with van der Waals surface area (Å²) in [5.41, 5.74) is 8.30. The third-order valence-electron chi connectivity index (χ3n) is 3.88. The molecule has 0 aliphatic carbocycles. The SMILES string of the molecule is CC1CC(C)N(c2cc3nc[nH]c(=O)c3cc2N)C1. The first-order valence-corrected chi connectivity index (χ1v) is 6.60. The summed E-state index contributed by atoms with van der Waals surface area (Å²) in [4.78, 5) is 20.8. The molecule has 1 fully saturated rings. The second kappa shape index (κ2) is 4.26. The van der Waals surface area contributed by atoms with Crippen LogP contribution in [0.5, 0.6) is 0 Å². The predicted octanol–water partition coefficient (Wildman–Crippen LogP) is 1.74. The minimum absolute atomic E-state index is 0.147. The van der Waals surface area contributed by atoms with E-state index in [1.807, 2.05) is 6.07 Å². The Morgan fingerprint density at radius 3 is 2.89 bits per heavy atom. The van der Waals surface area contributed by atoms with E-state index in [-0.39, 0.29) is 5.56 Å². The van der Waals surface area contributed by atoms with Crippen molar-refractivity contribution in [3.05, 3.63) is 28.8 Å². The van der Waals surface area contributed by atoms with Crippen molar-refractivity contribution in [1.29, 1.82) is 0 Å². The fourth-order valence-electron chi connectivity index (χ4n) is 3.01. The van der Waals surface area contributed by atoms with E-state index < -0.39 is 0 Å². The number of H-pyrrole nitrogens is 1. The zero-order valence-electron chi connectivity index (χ0n) is 11.2. The lowest BCUT2D eigenvalue weighted by Crippen LogP contribution is -2.27. The summed E-state index contributed by atoms with van der Waals surface area (Å²) in [6.45, 7) is 5.45. The van der Waals surface area contributed by atoms with Gasteiger partial charge in [0.1, 0.15) is 0 Å². The van der Waals surface area contributed by atoms with Crippen molar-refractivity contribution in [2.24, 2.45) is 5.92 Å². The molecule has 0 spiro atoms. The number of nitrogens with one attached hydrogen (secondary N) is 1. The number of anilines is 2. The summed E-state index contributed by atoms with van der Waals surface area (Å²) < 4.78 is 0. The number of hydrogen-bond donors (Lipinski definition) is 2. The van der Waals surface area contributed by atoms with Crippen LogP contribution in [0.15, 0.2) is 23.3 Å². The van der Waals surface area contributed by atoms with Crippen LogP contribution in [-0.4, -0.2) is 22.6 Å². The maximum Gasteiger partial charge on any atom is 0.258 e. The van der Waals surface area contributed by atoms with Crippen LogP contribution in [0.2, 0.25) is 0 Å². The maximum absolute atomic E-state index is 11.7. The molecule has 1 aromatic carbocycles. The second-order valence-electron chi connectivity index (χ2n) is 5.50. The molecule has 1 aliphatic rings. The summed E-state index contributed by atoms with van der Waals surface area (Å²) in [5.74, 6) is 0.664. The third kappa shape index (κ3) is 1.95. The van der Waals surface area contributed by atoms with Gasteiger partial charge in [-0.1, -0.05) is 6.92 Å². The van der Waals surface area contributed by atoms with Gasteiger partial charge < -0.3 is 15.6 Å². The first-order chi connectivity index (χ1) is 9.06. The standard InChI is InChI=1S/C14H18N4O/c1-8-3-9(2)18(6-8)13-5-12-10(4-11(13)15)14(19)17-7-16-12/h4-5,7-9H,3,6,15H2,1-2H3,(H,16,17,19). The van der Waals surface area contributed by atoms with Crippen molar-refractivity contribution in [3.63, 3.8) is 0 Å². The van der Waals surface area contributed by atoms with E-state index in [9.17, 15) is 4.79 Å². The number of nitrogens with zero attached hydrogens (tertiary/aromatic N) is 2. The number of nitrogens with two attached hydrogens (primary N) is 1. The van der Waals surface area contributed by atoms with Crippen LogP contribution in [0.3, 0.4) is 0 Å². The molecule has 0 saturated carbocycles. The zero-order chi connectivity index (χ0) is 13.6. The molecule has 2 heterocycles. The van der Waals surface area contributed by atoms with Gasteiger partial charge in [-0.2, -0.15) is 0 Å². The van der Waals surface area contributed by atoms with Gasteiger partial charge in [0.25, 0.3) is 5.56 Å². The van der Waals surface area contributed by atoms with Gasteiger partial charge >= 0.3 is 0 Å². The Labute approximate surface area is 111 Å². The summed E-state index contributed by atoms with van der Waals surface area (Å²) in [5, 5.41) is 0.545. The van der Waals surface area contributed by atoms with E-state index in [1.165, 1.54) is 12.7 Å². The van der Waals surface area contributed by atoms with Crippen LogP contribution in [-0.2, 0) is 0 Å². The van der Waals surface area contributed by atoms with Crippen LogP contribution in [0.4, 0.5) is 11.4 Å². The number of benzene rings is 1. The summed E-state index contributed by atoms with van der Waals surface area (Å²) >= 11 is 0. The van der Waals surface area contributed by atoms with E-state index in [4.69, 9.17) is 5.73 Å². The first kappa shape index (κ1) is 12.0. The minimum atomic E-state index is -0.147. The highest BCUT2D eigenvalue weighted by atomic mass is 16.1. The van der Waals surface area contributed by atoms with Gasteiger partial charge in [-0.25, -0.2) is 4.98 Å². The van der Waals surface area contributed by atoms with Gasteiger partial charge in [0, 0.05) is 12.6 Å². The average Bonchev–Trinajstić information content (AvgIpc) is 2.69. The molecule has 0 amide bonds. The smallest absolute Gasteiger partial charge is 0.258 e. The Morgan fingerprint density at radius 1 is 1.42 bits per heavy atom. The van der Waals surface area contributed by atoms with E-state index in [2.05, 4.69) is 28.7 Å². The predicted molar refractivity (Wildman–Crippen MR) is 77.4 cm³/mol. The van der Waals surface area contributed by atoms with Gasteiger partial charge in [-0.3, -0.25) is 4.79 Å². The lowest BCUT2D eigenvalue weighted by molar-refractivity contribution is 0.625. The molecule has 1 aromatic heterocycles. The molecule has 2 unspecified atom stereocenters. The summed E-state index contributed by atoms with van der Waals surface area (Å²) in [6.07, 6.45) is 2.60. The van der Waals surface area contributed by atoms with Crippen LogP contribution < -0.4 is 16.2 Å². The van der Waals surface area contributed by atoms with Crippen LogP contribution in [0, 0.1) is 5.92 Å². The number of aromatic nitrogens is 2. The molecule has 2 atom stereocenters. The van der Waals surface area contributed by atoms with Crippen molar-refractivity contribution in [2.75, 3.05) is 17.2 Å². The quantitative estimate of drug-likeness (QED) is 0.764. The van der Waals surface area contributed by atoms with Crippen LogP contribution in [0.1, 0.15) is 20.3 Å². The third-order valence-corrected chi connectivity index (χ3v) is 3.88. The van der Waals surface area contributed by atoms with E-state index in [1.54, 1.807) is 6.07 Å². The highest BCUT2D eigenvalue weighted by Gasteiger charge is 2.27. The molecule has 0 radical (unpaired) electrons. The van der Waals surface area contributed by atoms with Gasteiger partial charge in [-0.05, 0) is 31.4 Å². The second-order valence-corrected chi connectivity index (χ2v) is 5.50. The Morgan fingerprint density at radius 2 is 2.21 bits per heavy atom. The molecule has 5 heteroatoms. The minimum Gasteiger partial charge on any atom is -0.397 e. The number of hydrogen-bond acceptors (Lipinski definition) is 4. The van der Waals surface area contributed by atoms with Gasteiger partial charge in [0.2, 0.25) is 0 Å².